The zero-order chi connectivity index (χ0) is 21.1. The maximum absolute atomic E-state index is 12.7. The van der Waals surface area contributed by atoms with Gasteiger partial charge in [-0.05, 0) is 63.6 Å². The highest BCUT2D eigenvalue weighted by Crippen LogP contribution is 2.30. The summed E-state index contributed by atoms with van der Waals surface area (Å²) in [5, 5.41) is 8.09. The predicted octanol–water partition coefficient (Wildman–Crippen LogP) is 5.19. The fraction of sp³-hybridized carbons (Fsp3) is 0.300. The SMILES string of the molecule is Cc1cccc(NC(=O)NC(C)(C)C)c1NC(=O)c1ccc(C(F)(F)F)cc1. The Morgan fingerprint density at radius 2 is 1.50 bits per heavy atom. The van der Waals surface area contributed by atoms with Crippen LogP contribution in [0.3, 0.4) is 0 Å². The maximum atomic E-state index is 12.7. The van der Waals surface area contributed by atoms with Gasteiger partial charge in [0.1, 0.15) is 0 Å². The maximum Gasteiger partial charge on any atom is 0.416 e. The summed E-state index contributed by atoms with van der Waals surface area (Å²) >= 11 is 0. The van der Waals surface area contributed by atoms with E-state index >= 15 is 0 Å². The average Bonchev–Trinajstić information content (AvgIpc) is 2.55. The number of benzene rings is 2. The number of para-hydroxylation sites is 1. The van der Waals surface area contributed by atoms with Crippen LogP contribution in [0.4, 0.5) is 29.3 Å². The van der Waals surface area contributed by atoms with Gasteiger partial charge in [0.25, 0.3) is 5.91 Å². The molecule has 2 rings (SSSR count). The lowest BCUT2D eigenvalue weighted by molar-refractivity contribution is -0.137. The summed E-state index contributed by atoms with van der Waals surface area (Å²) in [5.41, 5.74) is 0.229. The Bertz CT molecular complexity index is 870. The number of amides is 3. The number of hydrogen-bond acceptors (Lipinski definition) is 2. The molecule has 3 amide bonds. The van der Waals surface area contributed by atoms with Crippen LogP contribution in [0.1, 0.15) is 42.3 Å². The second kappa shape index (κ2) is 7.92. The highest BCUT2D eigenvalue weighted by Gasteiger charge is 2.30. The van der Waals surface area contributed by atoms with Gasteiger partial charge in [-0.1, -0.05) is 12.1 Å². The molecular formula is C20H22F3N3O2. The third-order valence-electron chi connectivity index (χ3n) is 3.72. The van der Waals surface area contributed by atoms with Crippen LogP contribution in [0.5, 0.6) is 0 Å². The molecule has 28 heavy (non-hydrogen) atoms. The van der Waals surface area contributed by atoms with Crippen molar-refractivity contribution in [1.82, 2.24) is 5.32 Å². The van der Waals surface area contributed by atoms with E-state index in [2.05, 4.69) is 16.0 Å². The number of halogens is 3. The lowest BCUT2D eigenvalue weighted by atomic mass is 10.1. The van der Waals surface area contributed by atoms with Gasteiger partial charge < -0.3 is 16.0 Å². The van der Waals surface area contributed by atoms with Crippen molar-refractivity contribution in [2.24, 2.45) is 0 Å². The standard InChI is InChI=1S/C20H22F3N3O2/c1-12-6-5-7-15(24-18(28)26-19(2,3)4)16(12)25-17(27)13-8-10-14(11-9-13)20(21,22)23/h5-11H,1-4H3,(H,25,27)(H2,24,26,28). The van der Waals surface area contributed by atoms with Crippen LogP contribution in [-0.2, 0) is 6.18 Å². The zero-order valence-electron chi connectivity index (χ0n) is 16.0. The number of alkyl halides is 3. The minimum absolute atomic E-state index is 0.0707. The Morgan fingerprint density at radius 3 is 2.04 bits per heavy atom. The van der Waals surface area contributed by atoms with Gasteiger partial charge in [0, 0.05) is 11.1 Å². The average molecular weight is 393 g/mol. The highest BCUT2D eigenvalue weighted by molar-refractivity contribution is 6.07. The molecule has 0 saturated heterocycles. The van der Waals surface area contributed by atoms with Gasteiger partial charge in [-0.15, -0.1) is 0 Å². The molecule has 5 nitrogen and oxygen atoms in total. The molecule has 2 aromatic rings. The molecule has 0 radical (unpaired) electrons. The van der Waals surface area contributed by atoms with Gasteiger partial charge >= 0.3 is 12.2 Å². The largest absolute Gasteiger partial charge is 0.416 e. The molecule has 8 heteroatoms. The number of carbonyl (C=O) groups is 2. The highest BCUT2D eigenvalue weighted by atomic mass is 19.4. The van der Waals surface area contributed by atoms with Crippen LogP contribution in [0.15, 0.2) is 42.5 Å². The molecular weight excluding hydrogens is 371 g/mol. The quantitative estimate of drug-likeness (QED) is 0.672. The van der Waals surface area contributed by atoms with Gasteiger partial charge in [-0.2, -0.15) is 13.2 Å². The predicted molar refractivity (Wildman–Crippen MR) is 102 cm³/mol. The first-order valence-corrected chi connectivity index (χ1v) is 8.54. The smallest absolute Gasteiger partial charge is 0.333 e. The second-order valence-electron chi connectivity index (χ2n) is 7.36. The van der Waals surface area contributed by atoms with Crippen LogP contribution in [0.2, 0.25) is 0 Å². The molecule has 0 unspecified atom stereocenters. The third-order valence-corrected chi connectivity index (χ3v) is 3.72. The Kier molecular flexibility index (Phi) is 6.01. The van der Waals surface area contributed by atoms with Crippen LogP contribution < -0.4 is 16.0 Å². The summed E-state index contributed by atoms with van der Waals surface area (Å²) in [6.07, 6.45) is -4.47. The van der Waals surface area contributed by atoms with E-state index in [1.165, 1.54) is 0 Å². The molecule has 0 aromatic heterocycles. The fourth-order valence-corrected chi connectivity index (χ4v) is 2.43. The van der Waals surface area contributed by atoms with Crippen LogP contribution in [0.25, 0.3) is 0 Å². The van der Waals surface area contributed by atoms with Crippen molar-refractivity contribution in [1.29, 1.82) is 0 Å². The Morgan fingerprint density at radius 1 is 0.893 bits per heavy atom. The van der Waals surface area contributed by atoms with Crippen molar-refractivity contribution in [3.8, 4) is 0 Å². The minimum Gasteiger partial charge on any atom is -0.333 e. The second-order valence-corrected chi connectivity index (χ2v) is 7.36. The summed E-state index contributed by atoms with van der Waals surface area (Å²) in [7, 11) is 0. The minimum atomic E-state index is -4.47. The molecule has 150 valence electrons. The van der Waals surface area contributed by atoms with Crippen molar-refractivity contribution in [3.05, 3.63) is 59.2 Å². The molecule has 0 saturated carbocycles. The molecule has 0 atom stereocenters. The first kappa shape index (κ1) is 21.3. The molecule has 0 heterocycles. The number of carbonyl (C=O) groups excluding carboxylic acids is 2. The molecule has 0 aliphatic heterocycles. The molecule has 0 fully saturated rings. The lowest BCUT2D eigenvalue weighted by Gasteiger charge is -2.22. The Labute approximate surface area is 161 Å². The van der Waals surface area contributed by atoms with Gasteiger partial charge in [0.2, 0.25) is 0 Å². The number of nitrogens with one attached hydrogen (secondary N) is 3. The first-order chi connectivity index (χ1) is 12.9. The van der Waals surface area contributed by atoms with Crippen molar-refractivity contribution in [2.75, 3.05) is 10.6 Å². The number of hydrogen-bond donors (Lipinski definition) is 3. The van der Waals surface area contributed by atoms with E-state index in [4.69, 9.17) is 0 Å². The number of urea groups is 1. The van der Waals surface area contributed by atoms with E-state index in [0.717, 1.165) is 24.3 Å². The van der Waals surface area contributed by atoms with Crippen LogP contribution >= 0.6 is 0 Å². The third kappa shape index (κ3) is 5.73. The van der Waals surface area contributed by atoms with E-state index in [-0.39, 0.29) is 5.56 Å². The topological polar surface area (TPSA) is 70.2 Å². The van der Waals surface area contributed by atoms with Gasteiger partial charge in [-0.3, -0.25) is 4.79 Å². The number of rotatable bonds is 3. The van der Waals surface area contributed by atoms with Crippen molar-refractivity contribution >= 4 is 23.3 Å². The summed E-state index contributed by atoms with van der Waals surface area (Å²) < 4.78 is 38.0. The van der Waals surface area contributed by atoms with Crippen LogP contribution in [-0.4, -0.2) is 17.5 Å². The fourth-order valence-electron chi connectivity index (χ4n) is 2.43. The number of aryl methyl sites for hydroxylation is 1. The van der Waals surface area contributed by atoms with Gasteiger partial charge in [-0.25, -0.2) is 4.79 Å². The molecule has 3 N–H and O–H groups in total. The molecule has 0 aliphatic carbocycles. The van der Waals surface area contributed by atoms with Crippen molar-refractivity contribution < 1.29 is 22.8 Å². The lowest BCUT2D eigenvalue weighted by Crippen LogP contribution is -2.43. The van der Waals surface area contributed by atoms with Crippen molar-refractivity contribution in [3.63, 3.8) is 0 Å². The summed E-state index contributed by atoms with van der Waals surface area (Å²) in [5.74, 6) is -0.581. The molecule has 0 bridgehead atoms. The van der Waals surface area contributed by atoms with E-state index < -0.39 is 29.2 Å². The molecule has 0 spiro atoms. The molecule has 0 aliphatic rings. The van der Waals surface area contributed by atoms with E-state index in [0.29, 0.717) is 16.9 Å². The molecule has 2 aromatic carbocycles. The zero-order valence-corrected chi connectivity index (χ0v) is 16.0. The van der Waals surface area contributed by atoms with E-state index in [1.807, 2.05) is 20.8 Å². The van der Waals surface area contributed by atoms with Crippen LogP contribution in [0, 0.1) is 6.92 Å². The van der Waals surface area contributed by atoms with Crippen molar-refractivity contribution in [2.45, 2.75) is 39.4 Å². The summed E-state index contributed by atoms with van der Waals surface area (Å²) in [6.45, 7) is 7.23. The van der Waals surface area contributed by atoms with E-state index in [9.17, 15) is 22.8 Å². The normalized spacial score (nSPS) is 11.7. The monoisotopic (exact) mass is 393 g/mol. The van der Waals surface area contributed by atoms with Gasteiger partial charge in [0.05, 0.1) is 16.9 Å². The summed E-state index contributed by atoms with van der Waals surface area (Å²) in [6, 6.07) is 8.56. The van der Waals surface area contributed by atoms with Gasteiger partial charge in [0.15, 0.2) is 0 Å². The first-order valence-electron chi connectivity index (χ1n) is 8.54. The Hall–Kier alpha value is -3.03. The Balaban J connectivity index is 2.21. The number of anilines is 2. The summed E-state index contributed by atoms with van der Waals surface area (Å²) in [4.78, 5) is 24.6. The van der Waals surface area contributed by atoms with E-state index in [1.54, 1.807) is 25.1 Å².